The first-order chi connectivity index (χ1) is 15.9. The second-order valence-corrected chi connectivity index (χ2v) is 9.76. The zero-order valence-electron chi connectivity index (χ0n) is 18.5. The van der Waals surface area contributed by atoms with Crippen LogP contribution in [0.4, 0.5) is 0 Å². The standard InChI is InChI=1S/C23H25N5O4S/c1-3-32-15-27-19-12-11-16(13-20(19)28(23(27)29)17-7-6-8-17)14-24-26(2)22-18-9-4-5-10-21(18)33(30,31)25-22/h4-5,9-14,17H,3,6-8,15H2,1-2H3/b24-14+. The van der Waals surface area contributed by atoms with Crippen LogP contribution in [0.5, 0.6) is 0 Å². The maximum absolute atomic E-state index is 13.1. The third kappa shape index (κ3) is 3.68. The Morgan fingerprint density at radius 3 is 2.73 bits per heavy atom. The minimum absolute atomic E-state index is 0.0588. The molecule has 2 aromatic carbocycles. The number of hydrogen-bond donors (Lipinski definition) is 0. The van der Waals surface area contributed by atoms with Crippen molar-refractivity contribution in [2.75, 3.05) is 13.7 Å². The van der Waals surface area contributed by atoms with E-state index >= 15 is 0 Å². The summed E-state index contributed by atoms with van der Waals surface area (Å²) in [4.78, 5) is 13.3. The molecule has 3 aromatic rings. The van der Waals surface area contributed by atoms with E-state index in [0.717, 1.165) is 35.9 Å². The van der Waals surface area contributed by atoms with Crippen molar-refractivity contribution in [2.45, 2.75) is 43.9 Å². The van der Waals surface area contributed by atoms with Gasteiger partial charge in [-0.1, -0.05) is 18.2 Å². The summed E-state index contributed by atoms with van der Waals surface area (Å²) in [5.74, 6) is 0.275. The fourth-order valence-corrected chi connectivity index (χ4v) is 5.44. The highest BCUT2D eigenvalue weighted by molar-refractivity contribution is 7.90. The van der Waals surface area contributed by atoms with E-state index in [9.17, 15) is 13.2 Å². The molecule has 9 nitrogen and oxygen atoms in total. The second-order valence-electron chi connectivity index (χ2n) is 8.19. The predicted octanol–water partition coefficient (Wildman–Crippen LogP) is 2.94. The van der Waals surface area contributed by atoms with Crippen LogP contribution in [0.2, 0.25) is 0 Å². The van der Waals surface area contributed by atoms with Crippen molar-refractivity contribution < 1.29 is 13.2 Å². The number of rotatable bonds is 6. The van der Waals surface area contributed by atoms with Crippen LogP contribution in [0.25, 0.3) is 11.0 Å². The molecule has 0 atom stereocenters. The Morgan fingerprint density at radius 2 is 2.00 bits per heavy atom. The molecule has 10 heteroatoms. The van der Waals surface area contributed by atoms with Crippen LogP contribution in [0, 0.1) is 0 Å². The van der Waals surface area contributed by atoms with Crippen LogP contribution in [0.15, 0.2) is 61.7 Å². The zero-order chi connectivity index (χ0) is 23.2. The summed E-state index contributed by atoms with van der Waals surface area (Å²) >= 11 is 0. The first-order valence-corrected chi connectivity index (χ1v) is 12.4. The summed E-state index contributed by atoms with van der Waals surface area (Å²) in [6, 6.07) is 12.6. The number of hydrogen-bond acceptors (Lipinski definition) is 6. The van der Waals surface area contributed by atoms with Crippen molar-refractivity contribution in [1.82, 2.24) is 14.1 Å². The number of sulfonamides is 1. The van der Waals surface area contributed by atoms with Gasteiger partial charge in [0.15, 0.2) is 5.84 Å². The smallest absolute Gasteiger partial charge is 0.331 e. The Kier molecular flexibility index (Phi) is 5.41. The monoisotopic (exact) mass is 467 g/mol. The second kappa shape index (κ2) is 8.27. The molecular weight excluding hydrogens is 442 g/mol. The molecule has 1 saturated carbocycles. The lowest BCUT2D eigenvalue weighted by Crippen LogP contribution is -2.31. The Balaban J connectivity index is 1.49. The maximum atomic E-state index is 13.1. The third-order valence-corrected chi connectivity index (χ3v) is 7.48. The lowest BCUT2D eigenvalue weighted by Gasteiger charge is -2.26. The lowest BCUT2D eigenvalue weighted by molar-refractivity contribution is 0.0871. The Hall–Kier alpha value is -3.24. The molecule has 0 saturated heterocycles. The fourth-order valence-electron chi connectivity index (χ4n) is 4.21. The average Bonchev–Trinajstić information content (AvgIpc) is 3.20. The molecule has 2 aliphatic rings. The van der Waals surface area contributed by atoms with Gasteiger partial charge in [-0.3, -0.25) is 9.13 Å². The van der Waals surface area contributed by atoms with Gasteiger partial charge in [0.25, 0.3) is 10.0 Å². The molecule has 0 radical (unpaired) electrons. The number of ether oxygens (including phenoxy) is 1. The molecule has 1 fully saturated rings. The first kappa shape index (κ1) is 21.6. The van der Waals surface area contributed by atoms with E-state index in [2.05, 4.69) is 9.50 Å². The van der Waals surface area contributed by atoms with Gasteiger partial charge in [-0.05, 0) is 56.0 Å². The zero-order valence-corrected chi connectivity index (χ0v) is 19.3. The molecule has 1 aromatic heterocycles. The quantitative estimate of drug-likeness (QED) is 0.410. The molecule has 33 heavy (non-hydrogen) atoms. The topological polar surface area (TPSA) is 98.3 Å². The van der Waals surface area contributed by atoms with Gasteiger partial charge in [0.1, 0.15) is 11.6 Å². The molecule has 5 rings (SSSR count). The summed E-state index contributed by atoms with van der Waals surface area (Å²) < 4.78 is 37.6. The van der Waals surface area contributed by atoms with Gasteiger partial charge in [-0.2, -0.15) is 13.5 Å². The minimum Gasteiger partial charge on any atom is -0.361 e. The Morgan fingerprint density at radius 1 is 1.21 bits per heavy atom. The van der Waals surface area contributed by atoms with E-state index in [1.54, 1.807) is 42.1 Å². The first-order valence-electron chi connectivity index (χ1n) is 11.0. The predicted molar refractivity (Wildman–Crippen MR) is 126 cm³/mol. The number of hydrazone groups is 1. The molecule has 1 aliphatic heterocycles. The van der Waals surface area contributed by atoms with Gasteiger partial charge in [0.2, 0.25) is 0 Å². The normalized spacial score (nSPS) is 17.3. The molecule has 172 valence electrons. The highest BCUT2D eigenvalue weighted by Crippen LogP contribution is 2.33. The maximum Gasteiger partial charge on any atom is 0.331 e. The van der Waals surface area contributed by atoms with Crippen LogP contribution < -0.4 is 5.69 Å². The largest absolute Gasteiger partial charge is 0.361 e. The SMILES string of the molecule is CCOCn1c(=O)n(C2CCC2)c2cc(/C=N/N(C)C3=NS(=O)(=O)c4ccccc43)ccc21. The van der Waals surface area contributed by atoms with E-state index in [-0.39, 0.29) is 29.2 Å². The number of aromatic nitrogens is 2. The number of benzene rings is 2. The summed E-state index contributed by atoms with van der Waals surface area (Å²) in [5, 5.41) is 5.88. The third-order valence-electron chi connectivity index (χ3n) is 6.15. The van der Waals surface area contributed by atoms with Crippen molar-refractivity contribution >= 4 is 33.1 Å². The van der Waals surface area contributed by atoms with Crippen molar-refractivity contribution in [3.8, 4) is 0 Å². The van der Waals surface area contributed by atoms with Gasteiger partial charge >= 0.3 is 5.69 Å². The molecule has 0 bridgehead atoms. The lowest BCUT2D eigenvalue weighted by atomic mass is 9.93. The van der Waals surface area contributed by atoms with E-state index in [4.69, 9.17) is 4.74 Å². The van der Waals surface area contributed by atoms with Gasteiger partial charge in [0.05, 0.1) is 17.2 Å². The highest BCUT2D eigenvalue weighted by Gasteiger charge is 2.30. The summed E-state index contributed by atoms with van der Waals surface area (Å²) in [6.45, 7) is 2.65. The van der Waals surface area contributed by atoms with Crippen LogP contribution in [-0.4, -0.2) is 48.3 Å². The molecule has 2 heterocycles. The average molecular weight is 468 g/mol. The molecule has 0 unspecified atom stereocenters. The van der Waals surface area contributed by atoms with Crippen LogP contribution in [0.3, 0.4) is 0 Å². The highest BCUT2D eigenvalue weighted by atomic mass is 32.2. The van der Waals surface area contributed by atoms with Gasteiger partial charge in [-0.25, -0.2) is 9.80 Å². The van der Waals surface area contributed by atoms with E-state index in [1.807, 2.05) is 29.7 Å². The van der Waals surface area contributed by atoms with Crippen molar-refractivity contribution in [3.63, 3.8) is 0 Å². The molecule has 0 amide bonds. The van der Waals surface area contributed by atoms with Crippen LogP contribution in [0.1, 0.15) is 43.4 Å². The van der Waals surface area contributed by atoms with Crippen LogP contribution in [-0.2, 0) is 21.5 Å². The summed E-state index contributed by atoms with van der Waals surface area (Å²) in [7, 11) is -2.05. The molecule has 1 aliphatic carbocycles. The Bertz CT molecular complexity index is 1450. The van der Waals surface area contributed by atoms with Crippen molar-refractivity contribution in [1.29, 1.82) is 0 Å². The fraction of sp³-hybridized carbons (Fsp3) is 0.348. The van der Waals surface area contributed by atoms with Gasteiger partial charge < -0.3 is 4.74 Å². The molecular formula is C23H25N5O4S. The van der Waals surface area contributed by atoms with Gasteiger partial charge in [0, 0.05) is 25.3 Å². The van der Waals surface area contributed by atoms with E-state index in [1.165, 1.54) is 5.01 Å². The van der Waals surface area contributed by atoms with Gasteiger partial charge in [-0.15, -0.1) is 4.40 Å². The molecule has 0 N–H and O–H groups in total. The summed E-state index contributed by atoms with van der Waals surface area (Å²) in [6.07, 6.45) is 4.74. The number of nitrogens with zero attached hydrogens (tertiary/aromatic N) is 5. The molecule has 0 spiro atoms. The van der Waals surface area contributed by atoms with E-state index in [0.29, 0.717) is 12.2 Å². The van der Waals surface area contributed by atoms with Crippen LogP contribution >= 0.6 is 0 Å². The summed E-state index contributed by atoms with van der Waals surface area (Å²) in [5.41, 5.74) is 2.94. The van der Waals surface area contributed by atoms with Crippen molar-refractivity contribution in [3.05, 3.63) is 64.1 Å². The Labute approximate surface area is 191 Å². The van der Waals surface area contributed by atoms with E-state index < -0.39 is 10.0 Å². The number of fused-ring (bicyclic) bond motifs is 2. The van der Waals surface area contributed by atoms with Crippen molar-refractivity contribution in [2.24, 2.45) is 9.50 Å². The number of imidazole rings is 1. The minimum atomic E-state index is -3.71. The number of amidine groups is 1.